The number of aromatic nitrogens is 3. The fourth-order valence-electron chi connectivity index (χ4n) is 4.15. The summed E-state index contributed by atoms with van der Waals surface area (Å²) in [6.45, 7) is 8.07. The minimum atomic E-state index is -0.197. The quantitative estimate of drug-likeness (QED) is 0.868. The number of piperidine rings is 1. The average molecular weight is 390 g/mol. The van der Waals surface area contributed by atoms with Crippen molar-refractivity contribution in [3.05, 3.63) is 33.5 Å². The molecule has 1 atom stereocenters. The first-order valence-corrected chi connectivity index (χ1v) is 10.5. The van der Waals surface area contributed by atoms with Crippen molar-refractivity contribution in [1.82, 2.24) is 25.0 Å². The Morgan fingerprint density at radius 3 is 2.89 bits per heavy atom. The number of thiophene rings is 1. The summed E-state index contributed by atoms with van der Waals surface area (Å²) in [6.07, 6.45) is 4.54. The molecule has 0 aliphatic carbocycles. The van der Waals surface area contributed by atoms with E-state index in [9.17, 15) is 4.79 Å². The lowest BCUT2D eigenvalue weighted by Gasteiger charge is -2.43. The van der Waals surface area contributed by atoms with Gasteiger partial charge in [0.1, 0.15) is 11.9 Å². The van der Waals surface area contributed by atoms with E-state index in [1.165, 1.54) is 10.4 Å². The number of nitrogens with zero attached hydrogens (tertiary/aromatic N) is 4. The fraction of sp³-hybridized carbons (Fsp3) is 0.632. The van der Waals surface area contributed by atoms with Crippen LogP contribution in [0.5, 0.6) is 0 Å². The van der Waals surface area contributed by atoms with Crippen LogP contribution in [0.2, 0.25) is 0 Å². The van der Waals surface area contributed by atoms with Crippen LogP contribution in [0.3, 0.4) is 0 Å². The second-order valence-corrected chi connectivity index (χ2v) is 8.54. The van der Waals surface area contributed by atoms with Gasteiger partial charge in [-0.3, -0.25) is 4.79 Å². The van der Waals surface area contributed by atoms with Crippen molar-refractivity contribution in [2.24, 2.45) is 7.05 Å². The third-order valence-electron chi connectivity index (χ3n) is 5.79. The van der Waals surface area contributed by atoms with Gasteiger partial charge in [0.25, 0.3) is 5.91 Å². The number of ether oxygens (including phenoxy) is 1. The molecule has 1 N–H and O–H groups in total. The number of hydrogen-bond donors (Lipinski definition) is 1. The standard InChI is InChI=1S/C19H27N5O2S/c1-4-24-8-6-19(7-9-24)16-14(5-10-26-19)11-15(27-16)18(25)21-13(2)17-22-20-12-23(17)3/h11-13H,4-10H2,1-3H3,(H,21,25). The van der Waals surface area contributed by atoms with Gasteiger partial charge >= 0.3 is 0 Å². The summed E-state index contributed by atoms with van der Waals surface area (Å²) in [5, 5.41) is 11.0. The van der Waals surface area contributed by atoms with Gasteiger partial charge < -0.3 is 19.5 Å². The SMILES string of the molecule is CCN1CCC2(CC1)OCCc1cc(C(=O)NC(C)c3nncn3C)sc12. The topological polar surface area (TPSA) is 72.3 Å². The van der Waals surface area contributed by atoms with Gasteiger partial charge in [0.05, 0.1) is 17.5 Å². The molecule has 1 amide bonds. The highest BCUT2D eigenvalue weighted by Crippen LogP contribution is 2.45. The van der Waals surface area contributed by atoms with Crippen molar-refractivity contribution < 1.29 is 9.53 Å². The van der Waals surface area contributed by atoms with Crippen LogP contribution in [0.15, 0.2) is 12.4 Å². The molecule has 27 heavy (non-hydrogen) atoms. The zero-order valence-electron chi connectivity index (χ0n) is 16.2. The van der Waals surface area contributed by atoms with Crippen molar-refractivity contribution >= 4 is 17.2 Å². The number of amides is 1. The van der Waals surface area contributed by atoms with Gasteiger partial charge in [0.15, 0.2) is 5.82 Å². The normalized spacial score (nSPS) is 20.4. The molecule has 0 bridgehead atoms. The second-order valence-electron chi connectivity index (χ2n) is 7.49. The van der Waals surface area contributed by atoms with Gasteiger partial charge in [0, 0.05) is 25.0 Å². The molecule has 0 saturated carbocycles. The average Bonchev–Trinajstić information content (AvgIpc) is 3.29. The van der Waals surface area contributed by atoms with Crippen molar-refractivity contribution in [1.29, 1.82) is 0 Å². The first-order chi connectivity index (χ1) is 13.0. The van der Waals surface area contributed by atoms with Gasteiger partial charge in [-0.15, -0.1) is 21.5 Å². The van der Waals surface area contributed by atoms with E-state index in [2.05, 4.69) is 33.4 Å². The van der Waals surface area contributed by atoms with Gasteiger partial charge in [-0.2, -0.15) is 0 Å². The molecule has 2 aromatic heterocycles. The van der Waals surface area contributed by atoms with Crippen LogP contribution < -0.4 is 5.32 Å². The maximum absolute atomic E-state index is 12.8. The zero-order valence-corrected chi connectivity index (χ0v) is 17.0. The van der Waals surface area contributed by atoms with Crippen LogP contribution in [0, 0.1) is 0 Å². The number of rotatable bonds is 4. The Morgan fingerprint density at radius 1 is 1.44 bits per heavy atom. The Kier molecular flexibility index (Phi) is 5.05. The molecule has 7 nitrogen and oxygen atoms in total. The molecule has 8 heteroatoms. The van der Waals surface area contributed by atoms with Crippen molar-refractivity contribution in [3.63, 3.8) is 0 Å². The van der Waals surface area contributed by atoms with E-state index in [0.717, 1.165) is 56.2 Å². The van der Waals surface area contributed by atoms with Gasteiger partial charge in [0.2, 0.25) is 0 Å². The molecular formula is C19H27N5O2S. The van der Waals surface area contributed by atoms with Crippen LogP contribution in [-0.2, 0) is 23.8 Å². The number of carbonyl (C=O) groups excluding carboxylic acids is 1. The summed E-state index contributed by atoms with van der Waals surface area (Å²) >= 11 is 1.60. The maximum Gasteiger partial charge on any atom is 0.261 e. The van der Waals surface area contributed by atoms with E-state index in [1.54, 1.807) is 17.7 Å². The van der Waals surface area contributed by atoms with Crippen LogP contribution >= 0.6 is 11.3 Å². The third kappa shape index (κ3) is 3.41. The molecule has 1 unspecified atom stereocenters. The van der Waals surface area contributed by atoms with E-state index in [1.807, 2.05) is 18.5 Å². The highest BCUT2D eigenvalue weighted by atomic mass is 32.1. The molecule has 146 valence electrons. The van der Waals surface area contributed by atoms with E-state index in [4.69, 9.17) is 4.74 Å². The minimum Gasteiger partial charge on any atom is -0.369 e. The van der Waals surface area contributed by atoms with Crippen LogP contribution in [0.25, 0.3) is 0 Å². The summed E-state index contributed by atoms with van der Waals surface area (Å²) in [5.74, 6) is 0.697. The molecule has 4 heterocycles. The van der Waals surface area contributed by atoms with E-state index >= 15 is 0 Å². The van der Waals surface area contributed by atoms with Gasteiger partial charge in [-0.25, -0.2) is 0 Å². The molecular weight excluding hydrogens is 362 g/mol. The van der Waals surface area contributed by atoms with Crippen molar-refractivity contribution in [2.45, 2.75) is 44.8 Å². The molecule has 1 spiro atoms. The van der Waals surface area contributed by atoms with E-state index < -0.39 is 0 Å². The Labute approximate surface area is 163 Å². The predicted octanol–water partition coefficient (Wildman–Crippen LogP) is 2.25. The summed E-state index contributed by atoms with van der Waals surface area (Å²) in [7, 11) is 1.88. The highest BCUT2D eigenvalue weighted by Gasteiger charge is 2.42. The Hall–Kier alpha value is -1.77. The summed E-state index contributed by atoms with van der Waals surface area (Å²) in [5.41, 5.74) is 1.09. The number of aryl methyl sites for hydroxylation is 1. The van der Waals surface area contributed by atoms with Crippen LogP contribution in [0.1, 0.15) is 58.7 Å². The molecule has 2 aromatic rings. The lowest BCUT2D eigenvalue weighted by atomic mass is 9.85. The van der Waals surface area contributed by atoms with Gasteiger partial charge in [-0.1, -0.05) is 6.92 Å². The predicted molar refractivity (Wildman–Crippen MR) is 104 cm³/mol. The monoisotopic (exact) mass is 389 g/mol. The highest BCUT2D eigenvalue weighted by molar-refractivity contribution is 7.14. The fourth-order valence-corrected chi connectivity index (χ4v) is 5.47. The number of likely N-dealkylation sites (tertiary alicyclic amines) is 1. The van der Waals surface area contributed by atoms with Crippen LogP contribution in [-0.4, -0.2) is 51.8 Å². The molecule has 0 aromatic carbocycles. The van der Waals surface area contributed by atoms with Crippen LogP contribution in [0.4, 0.5) is 0 Å². The molecule has 4 rings (SSSR count). The first-order valence-electron chi connectivity index (χ1n) is 9.66. The molecule has 2 aliphatic heterocycles. The largest absolute Gasteiger partial charge is 0.369 e. The number of hydrogen-bond acceptors (Lipinski definition) is 6. The lowest BCUT2D eigenvalue weighted by Crippen LogP contribution is -2.45. The molecule has 0 radical (unpaired) electrons. The Balaban J connectivity index is 1.53. The lowest BCUT2D eigenvalue weighted by molar-refractivity contribution is -0.0944. The molecule has 1 fully saturated rings. The minimum absolute atomic E-state index is 0.0500. The Bertz CT molecular complexity index is 822. The third-order valence-corrected chi connectivity index (χ3v) is 7.15. The first kappa shape index (κ1) is 18.6. The zero-order chi connectivity index (χ0) is 19.0. The molecule has 1 saturated heterocycles. The summed E-state index contributed by atoms with van der Waals surface area (Å²) in [4.78, 5) is 17.3. The van der Waals surface area contributed by atoms with E-state index in [0.29, 0.717) is 0 Å². The van der Waals surface area contributed by atoms with Crippen molar-refractivity contribution in [3.8, 4) is 0 Å². The maximum atomic E-state index is 12.8. The second kappa shape index (κ2) is 7.33. The summed E-state index contributed by atoms with van der Waals surface area (Å²) < 4.78 is 8.13. The number of nitrogens with one attached hydrogen (secondary N) is 1. The summed E-state index contributed by atoms with van der Waals surface area (Å²) in [6, 6.07) is 1.87. The number of fused-ring (bicyclic) bond motifs is 2. The molecule has 2 aliphatic rings. The van der Waals surface area contributed by atoms with Crippen molar-refractivity contribution in [2.75, 3.05) is 26.2 Å². The Morgan fingerprint density at radius 2 is 2.22 bits per heavy atom. The van der Waals surface area contributed by atoms with Gasteiger partial charge in [-0.05, 0) is 44.4 Å². The smallest absolute Gasteiger partial charge is 0.261 e. The van der Waals surface area contributed by atoms with E-state index in [-0.39, 0.29) is 17.6 Å². The number of carbonyl (C=O) groups is 1.